The van der Waals surface area contributed by atoms with Crippen molar-refractivity contribution in [2.75, 3.05) is 18.5 Å². The molecule has 8 heteroatoms. The van der Waals surface area contributed by atoms with E-state index in [1.54, 1.807) is 0 Å². The first-order valence-corrected chi connectivity index (χ1v) is 6.85. The van der Waals surface area contributed by atoms with E-state index in [4.69, 9.17) is 4.74 Å². The second kappa shape index (κ2) is 8.73. The maximum Gasteiger partial charge on any atom is 0.313 e. The van der Waals surface area contributed by atoms with Gasteiger partial charge in [0.15, 0.2) is 0 Å². The summed E-state index contributed by atoms with van der Waals surface area (Å²) >= 11 is 0. The summed E-state index contributed by atoms with van der Waals surface area (Å²) in [6.45, 7) is 4.66. The van der Waals surface area contributed by atoms with Crippen molar-refractivity contribution in [1.82, 2.24) is 5.32 Å². The highest BCUT2D eigenvalue weighted by atomic mass is 16.6. The Morgan fingerprint density at radius 1 is 1.23 bits per heavy atom. The van der Waals surface area contributed by atoms with Gasteiger partial charge in [-0.2, -0.15) is 0 Å². The molecule has 1 aromatic rings. The largest absolute Gasteiger partial charge is 0.379 e. The summed E-state index contributed by atoms with van der Waals surface area (Å²) in [5.74, 6) is -1.58. The lowest BCUT2D eigenvalue weighted by Gasteiger charge is -2.08. The number of non-ortho nitro benzene ring substituents is 1. The molecule has 0 radical (unpaired) electrons. The number of nitrogens with zero attached hydrogens (tertiary/aromatic N) is 1. The Hall–Kier alpha value is -2.48. The average Bonchev–Trinajstić information content (AvgIpc) is 2.46. The molecule has 0 aliphatic carbocycles. The van der Waals surface area contributed by atoms with E-state index >= 15 is 0 Å². The number of rotatable bonds is 7. The van der Waals surface area contributed by atoms with Gasteiger partial charge in [-0.15, -0.1) is 0 Å². The maximum atomic E-state index is 11.6. The first-order valence-electron chi connectivity index (χ1n) is 6.85. The average molecular weight is 309 g/mol. The zero-order valence-electron chi connectivity index (χ0n) is 12.5. The summed E-state index contributed by atoms with van der Waals surface area (Å²) in [7, 11) is 0. The molecule has 0 aliphatic rings. The van der Waals surface area contributed by atoms with Gasteiger partial charge in [-0.1, -0.05) is 0 Å². The van der Waals surface area contributed by atoms with Crippen LogP contribution in [0.3, 0.4) is 0 Å². The van der Waals surface area contributed by atoms with Crippen LogP contribution in [0.2, 0.25) is 0 Å². The van der Waals surface area contributed by atoms with Crippen LogP contribution in [0.4, 0.5) is 11.4 Å². The molecule has 0 bridgehead atoms. The molecule has 120 valence electrons. The minimum absolute atomic E-state index is 0.0902. The van der Waals surface area contributed by atoms with E-state index in [1.807, 2.05) is 13.8 Å². The molecule has 22 heavy (non-hydrogen) atoms. The Morgan fingerprint density at radius 2 is 1.86 bits per heavy atom. The van der Waals surface area contributed by atoms with Crippen LogP contribution in [-0.4, -0.2) is 36.0 Å². The summed E-state index contributed by atoms with van der Waals surface area (Å²) in [4.78, 5) is 33.1. The van der Waals surface area contributed by atoms with Crippen LogP contribution in [0.5, 0.6) is 0 Å². The molecule has 2 N–H and O–H groups in total. The number of hydrogen-bond acceptors (Lipinski definition) is 5. The highest BCUT2D eigenvalue weighted by Gasteiger charge is 2.13. The first kappa shape index (κ1) is 17.6. The van der Waals surface area contributed by atoms with Gasteiger partial charge < -0.3 is 15.4 Å². The van der Waals surface area contributed by atoms with E-state index < -0.39 is 16.7 Å². The van der Waals surface area contributed by atoms with Crippen molar-refractivity contribution in [3.8, 4) is 0 Å². The van der Waals surface area contributed by atoms with Crippen molar-refractivity contribution in [1.29, 1.82) is 0 Å². The van der Waals surface area contributed by atoms with Gasteiger partial charge in [0.1, 0.15) is 0 Å². The quantitative estimate of drug-likeness (QED) is 0.343. The van der Waals surface area contributed by atoms with Gasteiger partial charge in [-0.05, 0) is 32.4 Å². The number of nitro groups is 1. The van der Waals surface area contributed by atoms with Gasteiger partial charge in [0.05, 0.1) is 11.0 Å². The second-order valence-corrected chi connectivity index (χ2v) is 4.79. The summed E-state index contributed by atoms with van der Waals surface area (Å²) in [6.07, 6.45) is 0.732. The van der Waals surface area contributed by atoms with Gasteiger partial charge in [0, 0.05) is 31.0 Å². The van der Waals surface area contributed by atoms with E-state index in [0.29, 0.717) is 25.3 Å². The number of nitrogens with one attached hydrogen (secondary N) is 2. The molecule has 0 atom stereocenters. The number of carbonyl (C=O) groups is 2. The highest BCUT2D eigenvalue weighted by Crippen LogP contribution is 2.15. The Labute approximate surface area is 128 Å². The first-order chi connectivity index (χ1) is 10.4. The number of anilines is 1. The van der Waals surface area contributed by atoms with E-state index in [9.17, 15) is 19.7 Å². The number of hydrogen-bond donors (Lipinski definition) is 2. The van der Waals surface area contributed by atoms with Crippen molar-refractivity contribution in [2.24, 2.45) is 0 Å². The summed E-state index contributed by atoms with van der Waals surface area (Å²) in [5, 5.41) is 15.3. The normalized spacial score (nSPS) is 10.3. The molecular formula is C14H19N3O5. The fraction of sp³-hybridized carbons (Fsp3) is 0.429. The lowest BCUT2D eigenvalue weighted by molar-refractivity contribution is -0.384. The molecule has 0 heterocycles. The van der Waals surface area contributed by atoms with Gasteiger partial charge in [-0.25, -0.2) is 0 Å². The van der Waals surface area contributed by atoms with Crippen molar-refractivity contribution in [3.05, 3.63) is 34.4 Å². The van der Waals surface area contributed by atoms with Crippen LogP contribution < -0.4 is 10.6 Å². The van der Waals surface area contributed by atoms with E-state index in [-0.39, 0.29) is 11.8 Å². The van der Waals surface area contributed by atoms with Crippen molar-refractivity contribution in [2.45, 2.75) is 26.4 Å². The lowest BCUT2D eigenvalue weighted by Crippen LogP contribution is -2.36. The van der Waals surface area contributed by atoms with Crippen LogP contribution in [0.25, 0.3) is 0 Å². The highest BCUT2D eigenvalue weighted by molar-refractivity contribution is 6.39. The van der Waals surface area contributed by atoms with Crippen LogP contribution in [-0.2, 0) is 14.3 Å². The van der Waals surface area contributed by atoms with Crippen molar-refractivity contribution in [3.63, 3.8) is 0 Å². The smallest absolute Gasteiger partial charge is 0.313 e. The van der Waals surface area contributed by atoms with Gasteiger partial charge in [0.25, 0.3) is 5.69 Å². The van der Waals surface area contributed by atoms with Crippen LogP contribution in [0, 0.1) is 10.1 Å². The van der Waals surface area contributed by atoms with Gasteiger partial charge in [0.2, 0.25) is 0 Å². The molecule has 8 nitrogen and oxygen atoms in total. The third-order valence-electron chi connectivity index (χ3n) is 2.60. The number of nitro benzene ring substituents is 1. The molecule has 0 unspecified atom stereocenters. The van der Waals surface area contributed by atoms with E-state index in [0.717, 1.165) is 0 Å². The fourth-order valence-corrected chi connectivity index (χ4v) is 1.53. The number of amides is 2. The number of benzene rings is 1. The van der Waals surface area contributed by atoms with Crippen molar-refractivity contribution < 1.29 is 19.2 Å². The van der Waals surface area contributed by atoms with Crippen LogP contribution in [0.1, 0.15) is 20.3 Å². The Kier molecular flexibility index (Phi) is 6.97. The minimum Gasteiger partial charge on any atom is -0.379 e. The van der Waals surface area contributed by atoms with Gasteiger partial charge in [-0.3, -0.25) is 19.7 Å². The molecule has 0 aliphatic heterocycles. The summed E-state index contributed by atoms with van der Waals surface area (Å²) < 4.78 is 5.30. The minimum atomic E-state index is -0.821. The molecular weight excluding hydrogens is 290 g/mol. The Balaban J connectivity index is 2.34. The third-order valence-corrected chi connectivity index (χ3v) is 2.60. The van der Waals surface area contributed by atoms with Crippen LogP contribution >= 0.6 is 0 Å². The third kappa shape index (κ3) is 6.31. The Bertz CT molecular complexity index is 528. The monoisotopic (exact) mass is 309 g/mol. The lowest BCUT2D eigenvalue weighted by atomic mass is 10.3. The standard InChI is InChI=1S/C14H19N3O5/c1-10(2)22-9-3-8-15-13(18)14(19)16-11-4-6-12(7-5-11)17(20)21/h4-7,10H,3,8-9H2,1-2H3,(H,15,18)(H,16,19). The van der Waals surface area contributed by atoms with Crippen molar-refractivity contribution >= 4 is 23.2 Å². The molecule has 2 amide bonds. The molecule has 0 saturated carbocycles. The molecule has 0 fully saturated rings. The predicted molar refractivity (Wildman–Crippen MR) is 80.4 cm³/mol. The molecule has 1 rings (SSSR count). The number of carbonyl (C=O) groups excluding carboxylic acids is 2. The Morgan fingerprint density at radius 3 is 2.41 bits per heavy atom. The SMILES string of the molecule is CC(C)OCCCNC(=O)C(=O)Nc1ccc([N+](=O)[O-])cc1. The molecule has 1 aromatic carbocycles. The topological polar surface area (TPSA) is 111 Å². The fourth-order valence-electron chi connectivity index (χ4n) is 1.53. The zero-order valence-corrected chi connectivity index (χ0v) is 12.5. The predicted octanol–water partition coefficient (Wildman–Crippen LogP) is 1.46. The summed E-state index contributed by atoms with van der Waals surface area (Å²) in [6, 6.07) is 5.22. The van der Waals surface area contributed by atoms with Gasteiger partial charge >= 0.3 is 11.8 Å². The molecule has 0 saturated heterocycles. The van der Waals surface area contributed by atoms with E-state index in [1.165, 1.54) is 24.3 Å². The van der Waals surface area contributed by atoms with Crippen LogP contribution in [0.15, 0.2) is 24.3 Å². The summed E-state index contributed by atoms with van der Waals surface area (Å²) in [5.41, 5.74) is 0.224. The maximum absolute atomic E-state index is 11.6. The number of ether oxygens (including phenoxy) is 1. The molecule has 0 spiro atoms. The van der Waals surface area contributed by atoms with E-state index in [2.05, 4.69) is 10.6 Å². The molecule has 0 aromatic heterocycles. The zero-order chi connectivity index (χ0) is 16.5. The second-order valence-electron chi connectivity index (χ2n) is 4.79.